The van der Waals surface area contributed by atoms with Gasteiger partial charge in [-0.1, -0.05) is 18.2 Å². The van der Waals surface area contributed by atoms with Crippen LogP contribution in [0.4, 0.5) is 5.69 Å². The van der Waals surface area contributed by atoms with Crippen LogP contribution in [0.15, 0.2) is 47.1 Å². The van der Waals surface area contributed by atoms with Crippen LogP contribution < -0.4 is 10.2 Å². The summed E-state index contributed by atoms with van der Waals surface area (Å²) >= 11 is 0. The molecule has 2 heterocycles. The third-order valence-electron chi connectivity index (χ3n) is 3.77. The molecule has 1 aromatic heterocycles. The molecular weight excluding hydrogens is 280 g/mol. The summed E-state index contributed by atoms with van der Waals surface area (Å²) in [5.74, 6) is 0.532. The van der Waals surface area contributed by atoms with Crippen molar-refractivity contribution in [2.75, 3.05) is 11.4 Å². The Labute approximate surface area is 128 Å². The van der Waals surface area contributed by atoms with Gasteiger partial charge in [0.05, 0.1) is 18.7 Å². The Hall–Kier alpha value is -2.56. The fourth-order valence-corrected chi connectivity index (χ4v) is 2.87. The average Bonchev–Trinajstić information content (AvgIpc) is 2.98. The quantitative estimate of drug-likeness (QED) is 0.941. The van der Waals surface area contributed by atoms with Crippen LogP contribution in [-0.4, -0.2) is 24.4 Å². The first-order valence-electron chi connectivity index (χ1n) is 7.31. The zero-order valence-corrected chi connectivity index (χ0v) is 12.4. The molecule has 2 aromatic rings. The number of fused-ring (bicyclic) bond motifs is 1. The van der Waals surface area contributed by atoms with Crippen molar-refractivity contribution in [1.82, 2.24) is 5.32 Å². The molecule has 0 saturated carbocycles. The average molecular weight is 298 g/mol. The number of nitrogens with zero attached hydrogens (tertiary/aromatic N) is 1. The molecule has 0 fully saturated rings. The second-order valence-electron chi connectivity index (χ2n) is 5.49. The van der Waals surface area contributed by atoms with Crippen LogP contribution in [-0.2, 0) is 22.4 Å². The zero-order chi connectivity index (χ0) is 15.5. The number of nitrogens with one attached hydrogen (secondary N) is 1. The summed E-state index contributed by atoms with van der Waals surface area (Å²) in [4.78, 5) is 25.7. The maximum absolute atomic E-state index is 12.6. The molecule has 1 unspecified atom stereocenters. The Bertz CT molecular complexity index is 679. The van der Waals surface area contributed by atoms with Crippen LogP contribution >= 0.6 is 0 Å². The number of hydrogen-bond acceptors (Lipinski definition) is 3. The third-order valence-corrected chi connectivity index (χ3v) is 3.77. The normalized spacial score (nSPS) is 17.0. The van der Waals surface area contributed by atoms with Gasteiger partial charge in [-0.2, -0.15) is 0 Å². The molecule has 1 aliphatic rings. The van der Waals surface area contributed by atoms with E-state index in [-0.39, 0.29) is 24.3 Å². The minimum Gasteiger partial charge on any atom is -0.469 e. The van der Waals surface area contributed by atoms with E-state index in [2.05, 4.69) is 5.32 Å². The highest BCUT2D eigenvalue weighted by Gasteiger charge is 2.28. The number of benzene rings is 1. The Balaban J connectivity index is 1.84. The SMILES string of the molecule is CC(=O)NC1Cc2ccccc2N(C(=O)Cc2ccco2)C1. The Morgan fingerprint density at radius 1 is 1.27 bits per heavy atom. The van der Waals surface area contributed by atoms with E-state index in [0.717, 1.165) is 17.7 Å². The summed E-state index contributed by atoms with van der Waals surface area (Å²) in [6.45, 7) is 1.98. The van der Waals surface area contributed by atoms with Crippen molar-refractivity contribution >= 4 is 17.5 Å². The van der Waals surface area contributed by atoms with E-state index in [1.165, 1.54) is 6.92 Å². The summed E-state index contributed by atoms with van der Waals surface area (Å²) in [5.41, 5.74) is 1.99. The van der Waals surface area contributed by atoms with Crippen molar-refractivity contribution in [3.8, 4) is 0 Å². The fraction of sp³-hybridized carbons (Fsp3) is 0.294. The third kappa shape index (κ3) is 3.03. The van der Waals surface area contributed by atoms with Crippen molar-refractivity contribution in [3.05, 3.63) is 54.0 Å². The van der Waals surface area contributed by atoms with Crippen molar-refractivity contribution < 1.29 is 14.0 Å². The molecule has 0 aliphatic carbocycles. The highest BCUT2D eigenvalue weighted by Crippen LogP contribution is 2.27. The summed E-state index contributed by atoms with van der Waals surface area (Å²) < 4.78 is 5.26. The van der Waals surface area contributed by atoms with Gasteiger partial charge in [-0.25, -0.2) is 0 Å². The Morgan fingerprint density at radius 2 is 2.09 bits per heavy atom. The Morgan fingerprint density at radius 3 is 2.82 bits per heavy atom. The van der Waals surface area contributed by atoms with Gasteiger partial charge in [0.15, 0.2) is 0 Å². The number of para-hydroxylation sites is 1. The van der Waals surface area contributed by atoms with Gasteiger partial charge in [0.1, 0.15) is 5.76 Å². The molecular formula is C17H18N2O3. The van der Waals surface area contributed by atoms with Crippen molar-refractivity contribution in [2.45, 2.75) is 25.8 Å². The lowest BCUT2D eigenvalue weighted by Gasteiger charge is -2.34. The number of hydrogen-bond donors (Lipinski definition) is 1. The van der Waals surface area contributed by atoms with Gasteiger partial charge in [0.2, 0.25) is 11.8 Å². The molecule has 1 N–H and O–H groups in total. The molecule has 1 aliphatic heterocycles. The van der Waals surface area contributed by atoms with Crippen LogP contribution in [0.3, 0.4) is 0 Å². The number of furan rings is 1. The van der Waals surface area contributed by atoms with Crippen LogP contribution in [0.1, 0.15) is 18.2 Å². The molecule has 1 aromatic carbocycles. The molecule has 2 amide bonds. The fourth-order valence-electron chi connectivity index (χ4n) is 2.87. The van der Waals surface area contributed by atoms with Crippen LogP contribution in [0.5, 0.6) is 0 Å². The van der Waals surface area contributed by atoms with E-state index >= 15 is 0 Å². The molecule has 0 bridgehead atoms. The predicted octanol–water partition coefficient (Wildman–Crippen LogP) is 1.92. The van der Waals surface area contributed by atoms with Crippen LogP contribution in [0.2, 0.25) is 0 Å². The standard InChI is InChI=1S/C17H18N2O3/c1-12(20)18-14-9-13-5-2-3-7-16(13)19(11-14)17(21)10-15-6-4-8-22-15/h2-8,14H,9-11H2,1H3,(H,18,20). The van der Waals surface area contributed by atoms with Gasteiger partial charge in [0.25, 0.3) is 0 Å². The monoisotopic (exact) mass is 298 g/mol. The highest BCUT2D eigenvalue weighted by molar-refractivity contribution is 5.96. The summed E-state index contributed by atoms with van der Waals surface area (Å²) in [5, 5.41) is 2.91. The molecule has 0 radical (unpaired) electrons. The van der Waals surface area contributed by atoms with E-state index in [1.54, 1.807) is 23.3 Å². The van der Waals surface area contributed by atoms with E-state index < -0.39 is 0 Å². The predicted molar refractivity (Wildman–Crippen MR) is 82.5 cm³/mol. The molecule has 5 nitrogen and oxygen atoms in total. The molecule has 3 rings (SSSR count). The first kappa shape index (κ1) is 14.4. The van der Waals surface area contributed by atoms with Crippen molar-refractivity contribution in [3.63, 3.8) is 0 Å². The lowest BCUT2D eigenvalue weighted by Crippen LogP contribution is -2.50. The lowest BCUT2D eigenvalue weighted by molar-refractivity contribution is -0.121. The maximum atomic E-state index is 12.6. The van der Waals surface area contributed by atoms with Gasteiger partial charge >= 0.3 is 0 Å². The number of carbonyl (C=O) groups excluding carboxylic acids is 2. The minimum absolute atomic E-state index is 0.0301. The van der Waals surface area contributed by atoms with Crippen molar-refractivity contribution in [2.24, 2.45) is 0 Å². The number of amides is 2. The van der Waals surface area contributed by atoms with Gasteiger partial charge in [0, 0.05) is 19.2 Å². The lowest BCUT2D eigenvalue weighted by atomic mass is 9.97. The maximum Gasteiger partial charge on any atom is 0.234 e. The van der Waals surface area contributed by atoms with Gasteiger partial charge in [-0.3, -0.25) is 9.59 Å². The first-order valence-corrected chi connectivity index (χ1v) is 7.31. The summed E-state index contributed by atoms with van der Waals surface area (Å²) in [6.07, 6.45) is 2.52. The second-order valence-corrected chi connectivity index (χ2v) is 5.49. The highest BCUT2D eigenvalue weighted by atomic mass is 16.3. The van der Waals surface area contributed by atoms with Gasteiger partial charge < -0.3 is 14.6 Å². The Kier molecular flexibility index (Phi) is 3.96. The summed E-state index contributed by atoms with van der Waals surface area (Å²) in [7, 11) is 0. The van der Waals surface area contributed by atoms with Crippen molar-refractivity contribution in [1.29, 1.82) is 0 Å². The largest absolute Gasteiger partial charge is 0.469 e. The number of rotatable bonds is 3. The second kappa shape index (κ2) is 6.05. The molecule has 22 heavy (non-hydrogen) atoms. The minimum atomic E-state index is -0.0807. The van der Waals surface area contributed by atoms with Gasteiger partial charge in [-0.05, 0) is 30.2 Å². The molecule has 0 spiro atoms. The molecule has 5 heteroatoms. The molecule has 1 atom stereocenters. The van der Waals surface area contributed by atoms with Crippen LogP contribution in [0.25, 0.3) is 0 Å². The zero-order valence-electron chi connectivity index (χ0n) is 12.4. The summed E-state index contributed by atoms with van der Waals surface area (Å²) in [6, 6.07) is 11.3. The van der Waals surface area contributed by atoms with E-state index in [9.17, 15) is 9.59 Å². The van der Waals surface area contributed by atoms with Crippen LogP contribution in [0, 0.1) is 0 Å². The first-order chi connectivity index (χ1) is 10.6. The van der Waals surface area contributed by atoms with E-state index in [0.29, 0.717) is 12.3 Å². The van der Waals surface area contributed by atoms with E-state index in [4.69, 9.17) is 4.42 Å². The smallest absolute Gasteiger partial charge is 0.234 e. The van der Waals surface area contributed by atoms with E-state index in [1.807, 2.05) is 24.3 Å². The molecule has 0 saturated heterocycles. The topological polar surface area (TPSA) is 62.6 Å². The van der Waals surface area contributed by atoms with Gasteiger partial charge in [-0.15, -0.1) is 0 Å². The number of anilines is 1. The number of carbonyl (C=O) groups is 2. The molecule has 114 valence electrons.